The van der Waals surface area contributed by atoms with Crippen molar-refractivity contribution in [2.45, 2.75) is 6.92 Å². The lowest BCUT2D eigenvalue weighted by molar-refractivity contribution is 0.0771. The number of thioether (sulfide) groups is 1. The summed E-state index contributed by atoms with van der Waals surface area (Å²) >= 11 is 5.38. The van der Waals surface area contributed by atoms with Crippen molar-refractivity contribution in [2.24, 2.45) is 0 Å². The molecule has 1 heterocycles. The monoisotopic (exact) mass is 299 g/mol. The Bertz CT molecular complexity index is 402. The predicted molar refractivity (Wildman–Crippen MR) is 72.1 cm³/mol. The van der Waals surface area contributed by atoms with Gasteiger partial charge in [-0.2, -0.15) is 11.8 Å². The average molecular weight is 300 g/mol. The summed E-state index contributed by atoms with van der Waals surface area (Å²) in [6.45, 7) is 3.72. The fourth-order valence-corrected chi connectivity index (χ4v) is 3.05. The number of carbonyl (C=O) groups excluding carboxylic acids is 1. The summed E-state index contributed by atoms with van der Waals surface area (Å²) in [5.41, 5.74) is 1.85. The third-order valence-electron chi connectivity index (χ3n) is 2.80. The second-order valence-corrected chi connectivity index (χ2v) is 5.90. The lowest BCUT2D eigenvalue weighted by atomic mass is 10.1. The Morgan fingerprint density at radius 2 is 2.06 bits per heavy atom. The molecule has 0 bridgehead atoms. The molecule has 1 amide bonds. The maximum Gasteiger partial charge on any atom is 0.254 e. The first-order valence-electron chi connectivity index (χ1n) is 5.32. The molecule has 1 saturated heterocycles. The number of nitrogens with zero attached hydrogens (tertiary/aromatic N) is 1. The Hall–Kier alpha value is -0.480. The van der Waals surface area contributed by atoms with Crippen molar-refractivity contribution in [1.82, 2.24) is 4.90 Å². The second-order valence-electron chi connectivity index (χ2n) is 3.82. The molecule has 0 atom stereocenters. The highest BCUT2D eigenvalue weighted by Crippen LogP contribution is 2.21. The molecule has 86 valence electrons. The summed E-state index contributed by atoms with van der Waals surface area (Å²) in [4.78, 5) is 14.2. The number of benzene rings is 1. The highest BCUT2D eigenvalue weighted by molar-refractivity contribution is 9.10. The SMILES string of the molecule is Cc1c(Br)cccc1C(=O)N1CCSCC1. The van der Waals surface area contributed by atoms with Crippen molar-refractivity contribution in [2.75, 3.05) is 24.6 Å². The van der Waals surface area contributed by atoms with Gasteiger partial charge < -0.3 is 4.90 Å². The molecular weight excluding hydrogens is 286 g/mol. The average Bonchev–Trinajstić information content (AvgIpc) is 2.33. The van der Waals surface area contributed by atoms with E-state index >= 15 is 0 Å². The van der Waals surface area contributed by atoms with Crippen molar-refractivity contribution < 1.29 is 4.79 Å². The van der Waals surface area contributed by atoms with Gasteiger partial charge >= 0.3 is 0 Å². The molecule has 0 N–H and O–H groups in total. The molecule has 0 radical (unpaired) electrons. The minimum atomic E-state index is 0.166. The fourth-order valence-electron chi connectivity index (χ4n) is 1.78. The highest BCUT2D eigenvalue weighted by Gasteiger charge is 2.20. The van der Waals surface area contributed by atoms with Crippen LogP contribution in [-0.4, -0.2) is 35.4 Å². The lowest BCUT2D eigenvalue weighted by Gasteiger charge is -2.27. The van der Waals surface area contributed by atoms with Crippen LogP contribution in [0.2, 0.25) is 0 Å². The molecule has 0 aliphatic carbocycles. The van der Waals surface area contributed by atoms with Gasteiger partial charge in [0.05, 0.1) is 0 Å². The summed E-state index contributed by atoms with van der Waals surface area (Å²) in [7, 11) is 0. The summed E-state index contributed by atoms with van der Waals surface area (Å²) < 4.78 is 1.00. The van der Waals surface area contributed by atoms with Gasteiger partial charge in [-0.25, -0.2) is 0 Å². The molecule has 1 fully saturated rings. The van der Waals surface area contributed by atoms with Gasteiger partial charge in [0, 0.05) is 34.6 Å². The van der Waals surface area contributed by atoms with Crippen LogP contribution in [0, 0.1) is 6.92 Å². The standard InChI is InChI=1S/C12H14BrNOS/c1-9-10(3-2-4-11(9)13)12(15)14-5-7-16-8-6-14/h2-4H,5-8H2,1H3. The van der Waals surface area contributed by atoms with E-state index in [2.05, 4.69) is 15.9 Å². The molecule has 0 aromatic heterocycles. The van der Waals surface area contributed by atoms with Crippen molar-refractivity contribution in [3.05, 3.63) is 33.8 Å². The predicted octanol–water partition coefficient (Wildman–Crippen LogP) is 2.95. The van der Waals surface area contributed by atoms with E-state index in [4.69, 9.17) is 0 Å². The third-order valence-corrected chi connectivity index (χ3v) is 4.60. The lowest BCUT2D eigenvalue weighted by Crippen LogP contribution is -2.38. The minimum Gasteiger partial charge on any atom is -0.337 e. The first-order valence-corrected chi connectivity index (χ1v) is 7.27. The van der Waals surface area contributed by atoms with E-state index in [1.54, 1.807) is 0 Å². The van der Waals surface area contributed by atoms with E-state index in [1.807, 2.05) is 41.8 Å². The Labute approximate surface area is 109 Å². The van der Waals surface area contributed by atoms with Crippen molar-refractivity contribution >= 4 is 33.6 Å². The fraction of sp³-hybridized carbons (Fsp3) is 0.417. The summed E-state index contributed by atoms with van der Waals surface area (Å²) in [5.74, 6) is 2.27. The minimum absolute atomic E-state index is 0.166. The molecule has 1 aromatic carbocycles. The second kappa shape index (κ2) is 5.23. The summed E-state index contributed by atoms with van der Waals surface area (Å²) in [6.07, 6.45) is 0. The molecule has 4 heteroatoms. The number of carbonyl (C=O) groups is 1. The van der Waals surface area contributed by atoms with Gasteiger partial charge in [-0.05, 0) is 24.6 Å². The normalized spacial score (nSPS) is 16.2. The van der Waals surface area contributed by atoms with Crippen LogP contribution >= 0.6 is 27.7 Å². The van der Waals surface area contributed by atoms with Gasteiger partial charge in [-0.1, -0.05) is 22.0 Å². The number of halogens is 1. The Balaban J connectivity index is 2.22. The van der Waals surface area contributed by atoms with Crippen LogP contribution in [0.4, 0.5) is 0 Å². The molecule has 1 aromatic rings. The molecule has 0 saturated carbocycles. The number of rotatable bonds is 1. The molecular formula is C12H14BrNOS. The molecule has 1 aliphatic heterocycles. The Kier molecular flexibility index (Phi) is 3.92. The number of hydrogen-bond donors (Lipinski definition) is 0. The van der Waals surface area contributed by atoms with Crippen molar-refractivity contribution in [1.29, 1.82) is 0 Å². The summed E-state index contributed by atoms with van der Waals surface area (Å²) in [5, 5.41) is 0. The molecule has 16 heavy (non-hydrogen) atoms. The maximum atomic E-state index is 12.3. The highest BCUT2D eigenvalue weighted by atomic mass is 79.9. The zero-order valence-corrected chi connectivity index (χ0v) is 11.6. The van der Waals surface area contributed by atoms with Crippen LogP contribution in [0.15, 0.2) is 22.7 Å². The maximum absolute atomic E-state index is 12.3. The van der Waals surface area contributed by atoms with Gasteiger partial charge in [0.1, 0.15) is 0 Å². The first kappa shape index (κ1) is 12.0. The zero-order valence-electron chi connectivity index (χ0n) is 9.20. The van der Waals surface area contributed by atoms with Gasteiger partial charge in [-0.15, -0.1) is 0 Å². The summed E-state index contributed by atoms with van der Waals surface area (Å²) in [6, 6.07) is 5.80. The van der Waals surface area contributed by atoms with E-state index < -0.39 is 0 Å². The molecule has 2 nitrogen and oxygen atoms in total. The van der Waals surface area contributed by atoms with E-state index in [-0.39, 0.29) is 5.91 Å². The van der Waals surface area contributed by atoms with E-state index in [9.17, 15) is 4.79 Å². The number of hydrogen-bond acceptors (Lipinski definition) is 2. The van der Waals surface area contributed by atoms with Gasteiger partial charge in [-0.3, -0.25) is 4.79 Å². The largest absolute Gasteiger partial charge is 0.337 e. The topological polar surface area (TPSA) is 20.3 Å². The Morgan fingerprint density at radius 1 is 1.38 bits per heavy atom. The molecule has 0 spiro atoms. The van der Waals surface area contributed by atoms with Crippen molar-refractivity contribution in [3.63, 3.8) is 0 Å². The Morgan fingerprint density at radius 3 is 2.75 bits per heavy atom. The van der Waals surface area contributed by atoms with Crippen LogP contribution in [0.3, 0.4) is 0 Å². The van der Waals surface area contributed by atoms with Gasteiger partial charge in [0.2, 0.25) is 0 Å². The van der Waals surface area contributed by atoms with Crippen LogP contribution in [0.5, 0.6) is 0 Å². The zero-order chi connectivity index (χ0) is 11.5. The van der Waals surface area contributed by atoms with Crippen LogP contribution in [0.1, 0.15) is 15.9 Å². The van der Waals surface area contributed by atoms with E-state index in [0.29, 0.717) is 0 Å². The van der Waals surface area contributed by atoms with Crippen LogP contribution < -0.4 is 0 Å². The molecule has 1 aliphatic rings. The smallest absolute Gasteiger partial charge is 0.254 e. The van der Waals surface area contributed by atoms with Crippen LogP contribution in [-0.2, 0) is 0 Å². The van der Waals surface area contributed by atoms with E-state index in [0.717, 1.165) is 40.2 Å². The van der Waals surface area contributed by atoms with Gasteiger partial charge in [0.25, 0.3) is 5.91 Å². The van der Waals surface area contributed by atoms with Crippen molar-refractivity contribution in [3.8, 4) is 0 Å². The van der Waals surface area contributed by atoms with Crippen LogP contribution in [0.25, 0.3) is 0 Å². The quantitative estimate of drug-likeness (QED) is 0.795. The molecule has 0 unspecified atom stereocenters. The third kappa shape index (κ3) is 2.43. The van der Waals surface area contributed by atoms with Gasteiger partial charge in [0.15, 0.2) is 0 Å². The first-order chi connectivity index (χ1) is 7.70. The van der Waals surface area contributed by atoms with E-state index in [1.165, 1.54) is 0 Å². The molecule has 2 rings (SSSR count). The number of amides is 1.